The third-order valence-corrected chi connectivity index (χ3v) is 4.39. The van der Waals surface area contributed by atoms with Gasteiger partial charge in [-0.3, -0.25) is 9.59 Å². The lowest BCUT2D eigenvalue weighted by atomic mass is 10.0. The standard InChI is InChI=1S/C20H19F3N2O3/c1-11(2)28-13-5-3-12(4-6-13)24-18(26)20(9-10-20)19(27)25-15-8-7-14(21)16(22)17(15)23/h3-8,11H,9-10H2,1-2H3,(H,24,26)(H,25,27). The van der Waals surface area contributed by atoms with Crippen LogP contribution >= 0.6 is 0 Å². The van der Waals surface area contributed by atoms with E-state index in [9.17, 15) is 22.8 Å². The van der Waals surface area contributed by atoms with E-state index in [2.05, 4.69) is 10.6 Å². The number of hydrogen-bond donors (Lipinski definition) is 2. The molecule has 0 spiro atoms. The van der Waals surface area contributed by atoms with Crippen molar-refractivity contribution in [2.45, 2.75) is 32.8 Å². The second-order valence-corrected chi connectivity index (χ2v) is 6.90. The molecule has 0 atom stereocenters. The largest absolute Gasteiger partial charge is 0.491 e. The van der Waals surface area contributed by atoms with Crippen molar-refractivity contribution in [2.24, 2.45) is 5.41 Å². The van der Waals surface area contributed by atoms with Crippen molar-refractivity contribution < 1.29 is 27.5 Å². The summed E-state index contributed by atoms with van der Waals surface area (Å²) in [6, 6.07) is 8.26. The molecule has 0 aliphatic heterocycles. The normalized spacial score (nSPS) is 14.5. The number of carbonyl (C=O) groups is 2. The maximum absolute atomic E-state index is 13.8. The van der Waals surface area contributed by atoms with Gasteiger partial charge in [-0.25, -0.2) is 13.2 Å². The predicted molar refractivity (Wildman–Crippen MR) is 97.4 cm³/mol. The number of nitrogens with one attached hydrogen (secondary N) is 2. The van der Waals surface area contributed by atoms with E-state index in [4.69, 9.17) is 4.74 Å². The van der Waals surface area contributed by atoms with Crippen LogP contribution in [0.3, 0.4) is 0 Å². The fourth-order valence-electron chi connectivity index (χ4n) is 2.69. The molecule has 3 rings (SSSR count). The smallest absolute Gasteiger partial charge is 0.240 e. The topological polar surface area (TPSA) is 67.4 Å². The first kappa shape index (κ1) is 19.7. The molecule has 1 aliphatic rings. The average molecular weight is 392 g/mol. The van der Waals surface area contributed by atoms with E-state index >= 15 is 0 Å². The van der Waals surface area contributed by atoms with Crippen molar-refractivity contribution in [2.75, 3.05) is 10.6 Å². The number of halogens is 3. The first-order valence-electron chi connectivity index (χ1n) is 8.76. The minimum absolute atomic E-state index is 0.00978. The number of rotatable bonds is 6. The molecule has 1 saturated carbocycles. The van der Waals surface area contributed by atoms with E-state index in [0.717, 1.165) is 6.07 Å². The Bertz CT molecular complexity index is 910. The Balaban J connectivity index is 1.68. The van der Waals surface area contributed by atoms with Gasteiger partial charge < -0.3 is 15.4 Å². The molecule has 1 aliphatic carbocycles. The van der Waals surface area contributed by atoms with Crippen LogP contribution < -0.4 is 15.4 Å². The molecule has 0 radical (unpaired) electrons. The maximum Gasteiger partial charge on any atom is 0.240 e. The van der Waals surface area contributed by atoms with Crippen LogP contribution in [0.5, 0.6) is 5.75 Å². The Morgan fingerprint density at radius 2 is 1.54 bits per heavy atom. The van der Waals surface area contributed by atoms with Crippen LogP contribution in [0.15, 0.2) is 36.4 Å². The lowest BCUT2D eigenvalue weighted by Crippen LogP contribution is -2.36. The summed E-state index contributed by atoms with van der Waals surface area (Å²) in [5.41, 5.74) is -1.41. The van der Waals surface area contributed by atoms with E-state index < -0.39 is 40.4 Å². The zero-order valence-electron chi connectivity index (χ0n) is 15.3. The van der Waals surface area contributed by atoms with Crippen molar-refractivity contribution in [1.29, 1.82) is 0 Å². The summed E-state index contributed by atoms with van der Waals surface area (Å²) in [5.74, 6) is -5.23. The van der Waals surface area contributed by atoms with E-state index in [1.807, 2.05) is 13.8 Å². The van der Waals surface area contributed by atoms with Gasteiger partial charge in [0, 0.05) is 5.69 Å². The van der Waals surface area contributed by atoms with Crippen LogP contribution in [0.1, 0.15) is 26.7 Å². The molecular weight excluding hydrogens is 373 g/mol. The van der Waals surface area contributed by atoms with Gasteiger partial charge in [-0.15, -0.1) is 0 Å². The van der Waals surface area contributed by atoms with E-state index in [1.54, 1.807) is 24.3 Å². The molecule has 5 nitrogen and oxygen atoms in total. The summed E-state index contributed by atoms with van der Waals surface area (Å²) >= 11 is 0. The van der Waals surface area contributed by atoms with Gasteiger partial charge in [-0.2, -0.15) is 0 Å². The second-order valence-electron chi connectivity index (χ2n) is 6.90. The van der Waals surface area contributed by atoms with Gasteiger partial charge in [-0.1, -0.05) is 0 Å². The maximum atomic E-state index is 13.8. The Kier molecular flexibility index (Phi) is 5.31. The zero-order chi connectivity index (χ0) is 20.5. The Labute approximate surface area is 159 Å². The van der Waals surface area contributed by atoms with Crippen LogP contribution in [0.25, 0.3) is 0 Å². The van der Waals surface area contributed by atoms with Gasteiger partial charge in [0.25, 0.3) is 0 Å². The van der Waals surface area contributed by atoms with Gasteiger partial charge in [-0.05, 0) is 63.1 Å². The lowest BCUT2D eigenvalue weighted by molar-refractivity contribution is -0.131. The highest BCUT2D eigenvalue weighted by Crippen LogP contribution is 2.47. The third kappa shape index (κ3) is 3.95. The number of carbonyl (C=O) groups excluding carboxylic acids is 2. The molecule has 2 aromatic rings. The van der Waals surface area contributed by atoms with Crippen molar-refractivity contribution in [3.05, 3.63) is 53.8 Å². The minimum Gasteiger partial charge on any atom is -0.491 e. The van der Waals surface area contributed by atoms with Gasteiger partial charge in [0.15, 0.2) is 17.5 Å². The fraction of sp³-hybridized carbons (Fsp3) is 0.300. The highest BCUT2D eigenvalue weighted by atomic mass is 19.2. The molecule has 28 heavy (non-hydrogen) atoms. The van der Waals surface area contributed by atoms with Crippen LogP contribution in [-0.2, 0) is 9.59 Å². The van der Waals surface area contributed by atoms with Crippen LogP contribution in [0.4, 0.5) is 24.5 Å². The van der Waals surface area contributed by atoms with Crippen molar-refractivity contribution in [1.82, 2.24) is 0 Å². The number of hydrogen-bond acceptors (Lipinski definition) is 3. The van der Waals surface area contributed by atoms with Gasteiger partial charge in [0.1, 0.15) is 11.2 Å². The fourth-order valence-corrected chi connectivity index (χ4v) is 2.69. The first-order chi connectivity index (χ1) is 13.2. The molecule has 148 valence electrons. The quantitative estimate of drug-likeness (QED) is 0.571. The number of ether oxygens (including phenoxy) is 1. The molecular formula is C20H19F3N2O3. The number of benzene rings is 2. The van der Waals surface area contributed by atoms with Crippen LogP contribution in [0.2, 0.25) is 0 Å². The van der Waals surface area contributed by atoms with Gasteiger partial charge >= 0.3 is 0 Å². The molecule has 0 aromatic heterocycles. The van der Waals surface area contributed by atoms with Crippen molar-refractivity contribution in [3.8, 4) is 5.75 Å². The lowest BCUT2D eigenvalue weighted by Gasteiger charge is -2.16. The third-order valence-electron chi connectivity index (χ3n) is 4.39. The Morgan fingerprint density at radius 3 is 2.11 bits per heavy atom. The Hall–Kier alpha value is -3.03. The van der Waals surface area contributed by atoms with E-state index in [-0.39, 0.29) is 18.9 Å². The SMILES string of the molecule is CC(C)Oc1ccc(NC(=O)C2(C(=O)Nc3ccc(F)c(F)c3F)CC2)cc1. The second kappa shape index (κ2) is 7.53. The Morgan fingerprint density at radius 1 is 0.929 bits per heavy atom. The van der Waals surface area contributed by atoms with E-state index in [0.29, 0.717) is 17.5 Å². The highest BCUT2D eigenvalue weighted by molar-refractivity contribution is 6.16. The average Bonchev–Trinajstić information content (AvgIpc) is 3.45. The first-order valence-corrected chi connectivity index (χ1v) is 8.76. The molecule has 8 heteroatoms. The summed E-state index contributed by atoms with van der Waals surface area (Å²) in [4.78, 5) is 25.0. The van der Waals surface area contributed by atoms with E-state index in [1.165, 1.54) is 0 Å². The summed E-state index contributed by atoms with van der Waals surface area (Å²) in [6.45, 7) is 3.78. The molecule has 2 aromatic carbocycles. The number of anilines is 2. The summed E-state index contributed by atoms with van der Waals surface area (Å²) in [6.07, 6.45) is 0.547. The molecule has 1 fully saturated rings. The molecule has 0 unspecified atom stereocenters. The monoisotopic (exact) mass is 392 g/mol. The molecule has 0 saturated heterocycles. The molecule has 0 bridgehead atoms. The minimum atomic E-state index is -1.68. The number of amides is 2. The summed E-state index contributed by atoms with van der Waals surface area (Å²) in [5, 5.41) is 4.82. The molecule has 2 N–H and O–H groups in total. The molecule has 2 amide bonds. The molecule has 0 heterocycles. The van der Waals surface area contributed by atoms with Crippen LogP contribution in [0, 0.1) is 22.9 Å². The predicted octanol–water partition coefficient (Wildman–Crippen LogP) is 4.25. The zero-order valence-corrected chi connectivity index (χ0v) is 15.3. The van der Waals surface area contributed by atoms with Crippen molar-refractivity contribution >= 4 is 23.2 Å². The van der Waals surface area contributed by atoms with Gasteiger partial charge in [0.2, 0.25) is 11.8 Å². The van der Waals surface area contributed by atoms with Crippen LogP contribution in [-0.4, -0.2) is 17.9 Å². The van der Waals surface area contributed by atoms with Crippen molar-refractivity contribution in [3.63, 3.8) is 0 Å². The highest BCUT2D eigenvalue weighted by Gasteiger charge is 2.56. The van der Waals surface area contributed by atoms with Gasteiger partial charge in [0.05, 0.1) is 11.8 Å². The summed E-state index contributed by atoms with van der Waals surface area (Å²) in [7, 11) is 0. The summed E-state index contributed by atoms with van der Waals surface area (Å²) < 4.78 is 45.6.